The summed E-state index contributed by atoms with van der Waals surface area (Å²) >= 11 is 0. The molecule has 0 N–H and O–H groups in total. The lowest BCUT2D eigenvalue weighted by Gasteiger charge is -2.47. The molecule has 1 fully saturated rings. The molecule has 1 saturated heterocycles. The molecule has 29 heavy (non-hydrogen) atoms. The second-order valence-electron chi connectivity index (χ2n) is 9.09. The second kappa shape index (κ2) is 7.58. The van der Waals surface area contributed by atoms with Gasteiger partial charge in [0.15, 0.2) is 5.69 Å². The number of fused-ring (bicyclic) bond motifs is 1. The van der Waals surface area contributed by atoms with Gasteiger partial charge in [-0.15, -0.1) is 0 Å². The zero-order chi connectivity index (χ0) is 20.8. The van der Waals surface area contributed by atoms with Gasteiger partial charge in [0.05, 0.1) is 23.4 Å². The van der Waals surface area contributed by atoms with Crippen LogP contribution in [0, 0.1) is 0 Å². The molecule has 6 nitrogen and oxygen atoms in total. The van der Waals surface area contributed by atoms with Crippen LogP contribution in [0.15, 0.2) is 30.3 Å². The number of hydrogen-bond acceptors (Lipinski definition) is 4. The van der Waals surface area contributed by atoms with Crippen LogP contribution in [0.5, 0.6) is 0 Å². The van der Waals surface area contributed by atoms with Gasteiger partial charge in [0.1, 0.15) is 0 Å². The van der Waals surface area contributed by atoms with Gasteiger partial charge in [0.25, 0.3) is 5.91 Å². The SMILES string of the molecule is C[C@@H]1Cc2c(C(=O)N3CCN(Cc4ccccc4)CC3(C)C)nn(C)c2[C@H](C)O1. The standard InChI is InChI=1S/C23H32N4O2/c1-16-13-19-20(24-25(5)21(19)17(2)29-16)22(28)27-12-11-26(15-23(27,3)4)14-18-9-7-6-8-10-18/h6-10,16-17H,11-15H2,1-5H3/t16-,17+/m1/s1. The summed E-state index contributed by atoms with van der Waals surface area (Å²) in [4.78, 5) is 18.0. The fraction of sp³-hybridized carbons (Fsp3) is 0.565. The third kappa shape index (κ3) is 3.83. The molecule has 0 saturated carbocycles. The first kappa shape index (κ1) is 20.1. The molecule has 3 heterocycles. The quantitative estimate of drug-likeness (QED) is 0.800. The van der Waals surface area contributed by atoms with Gasteiger partial charge >= 0.3 is 0 Å². The number of aryl methyl sites for hydroxylation is 1. The highest BCUT2D eigenvalue weighted by Gasteiger charge is 2.40. The maximum Gasteiger partial charge on any atom is 0.275 e. The Kier molecular flexibility index (Phi) is 5.25. The molecular formula is C23H32N4O2. The van der Waals surface area contributed by atoms with Crippen molar-refractivity contribution in [3.05, 3.63) is 52.8 Å². The Bertz CT molecular complexity index is 890. The number of carbonyl (C=O) groups excluding carboxylic acids is 1. The Morgan fingerprint density at radius 3 is 2.62 bits per heavy atom. The number of rotatable bonds is 3. The lowest BCUT2D eigenvalue weighted by atomic mass is 9.95. The smallest absolute Gasteiger partial charge is 0.275 e. The maximum absolute atomic E-state index is 13.6. The van der Waals surface area contributed by atoms with E-state index in [2.05, 4.69) is 55.0 Å². The lowest BCUT2D eigenvalue weighted by Crippen LogP contribution is -2.60. The molecular weight excluding hydrogens is 364 g/mol. The Morgan fingerprint density at radius 2 is 1.93 bits per heavy atom. The summed E-state index contributed by atoms with van der Waals surface area (Å²) in [5.74, 6) is 0.0486. The van der Waals surface area contributed by atoms with Crippen molar-refractivity contribution in [3.8, 4) is 0 Å². The molecule has 1 aromatic carbocycles. The topological polar surface area (TPSA) is 50.6 Å². The van der Waals surface area contributed by atoms with Gasteiger partial charge < -0.3 is 9.64 Å². The van der Waals surface area contributed by atoms with Gasteiger partial charge in [-0.2, -0.15) is 5.10 Å². The predicted molar refractivity (Wildman–Crippen MR) is 113 cm³/mol. The van der Waals surface area contributed by atoms with E-state index in [9.17, 15) is 4.79 Å². The molecule has 2 aliphatic heterocycles. The molecule has 0 aliphatic carbocycles. The van der Waals surface area contributed by atoms with Gasteiger partial charge in [-0.25, -0.2) is 0 Å². The Balaban J connectivity index is 1.54. The van der Waals surface area contributed by atoms with Gasteiger partial charge in [0, 0.05) is 45.2 Å². The molecule has 2 aliphatic rings. The van der Waals surface area contributed by atoms with Crippen molar-refractivity contribution in [1.29, 1.82) is 0 Å². The minimum absolute atomic E-state index is 0.0384. The first-order valence-corrected chi connectivity index (χ1v) is 10.6. The van der Waals surface area contributed by atoms with Crippen molar-refractivity contribution >= 4 is 5.91 Å². The molecule has 1 aromatic heterocycles. The minimum Gasteiger partial charge on any atom is -0.369 e. The van der Waals surface area contributed by atoms with E-state index in [0.717, 1.165) is 37.3 Å². The van der Waals surface area contributed by atoms with Crippen molar-refractivity contribution in [1.82, 2.24) is 19.6 Å². The van der Waals surface area contributed by atoms with Crippen LogP contribution in [-0.4, -0.2) is 56.8 Å². The predicted octanol–water partition coefficient (Wildman–Crippen LogP) is 3.18. The van der Waals surface area contributed by atoms with E-state index in [1.165, 1.54) is 5.56 Å². The van der Waals surface area contributed by atoms with Crippen LogP contribution in [0.3, 0.4) is 0 Å². The normalized spacial score (nSPS) is 24.4. The van der Waals surface area contributed by atoms with Crippen molar-refractivity contribution in [3.63, 3.8) is 0 Å². The first-order valence-electron chi connectivity index (χ1n) is 10.6. The molecule has 0 unspecified atom stereocenters. The average molecular weight is 397 g/mol. The van der Waals surface area contributed by atoms with Crippen molar-refractivity contribution in [2.75, 3.05) is 19.6 Å². The lowest BCUT2D eigenvalue weighted by molar-refractivity contribution is -0.00925. The first-order chi connectivity index (χ1) is 13.8. The molecule has 2 atom stereocenters. The number of benzene rings is 1. The highest BCUT2D eigenvalue weighted by atomic mass is 16.5. The number of aromatic nitrogens is 2. The number of carbonyl (C=O) groups is 1. The number of nitrogens with zero attached hydrogens (tertiary/aromatic N) is 4. The van der Waals surface area contributed by atoms with E-state index in [1.54, 1.807) is 0 Å². The zero-order valence-electron chi connectivity index (χ0n) is 18.2. The van der Waals surface area contributed by atoms with Crippen molar-refractivity contribution < 1.29 is 9.53 Å². The van der Waals surface area contributed by atoms with Crippen LogP contribution in [-0.2, 0) is 24.8 Å². The molecule has 4 rings (SSSR count). The van der Waals surface area contributed by atoms with Gasteiger partial charge in [-0.1, -0.05) is 30.3 Å². The second-order valence-corrected chi connectivity index (χ2v) is 9.09. The molecule has 6 heteroatoms. The zero-order valence-corrected chi connectivity index (χ0v) is 18.2. The van der Waals surface area contributed by atoms with Crippen LogP contribution in [0.2, 0.25) is 0 Å². The largest absolute Gasteiger partial charge is 0.369 e. The maximum atomic E-state index is 13.6. The number of piperazine rings is 1. The Hall–Kier alpha value is -2.18. The molecule has 1 amide bonds. The summed E-state index contributed by atoms with van der Waals surface area (Å²) < 4.78 is 7.78. The van der Waals surface area contributed by atoms with Gasteiger partial charge in [-0.05, 0) is 33.3 Å². The van der Waals surface area contributed by atoms with Gasteiger partial charge in [-0.3, -0.25) is 14.4 Å². The third-order valence-electron chi connectivity index (χ3n) is 6.18. The van der Waals surface area contributed by atoms with Crippen LogP contribution in [0.4, 0.5) is 0 Å². The molecule has 0 spiro atoms. The van der Waals surface area contributed by atoms with Crippen molar-refractivity contribution in [2.24, 2.45) is 7.05 Å². The highest BCUT2D eigenvalue weighted by molar-refractivity contribution is 5.94. The van der Waals surface area contributed by atoms with E-state index >= 15 is 0 Å². The molecule has 0 bridgehead atoms. The van der Waals surface area contributed by atoms with E-state index in [-0.39, 0.29) is 23.7 Å². The number of amides is 1. The minimum atomic E-state index is -0.253. The summed E-state index contributed by atoms with van der Waals surface area (Å²) in [6, 6.07) is 10.5. The third-order valence-corrected chi connectivity index (χ3v) is 6.18. The average Bonchev–Trinajstić information content (AvgIpc) is 2.98. The van der Waals surface area contributed by atoms with Crippen LogP contribution in [0.25, 0.3) is 0 Å². The Labute approximate surface area is 173 Å². The summed E-state index contributed by atoms with van der Waals surface area (Å²) in [6.45, 7) is 11.8. The van der Waals surface area contributed by atoms with Crippen molar-refractivity contribution in [2.45, 2.75) is 58.4 Å². The monoisotopic (exact) mass is 396 g/mol. The van der Waals surface area contributed by atoms with Crippen LogP contribution in [0.1, 0.15) is 61.1 Å². The van der Waals surface area contributed by atoms with Gasteiger partial charge in [0.2, 0.25) is 0 Å². The van der Waals surface area contributed by atoms with E-state index in [4.69, 9.17) is 4.74 Å². The summed E-state index contributed by atoms with van der Waals surface area (Å²) in [5.41, 5.74) is 3.76. The summed E-state index contributed by atoms with van der Waals surface area (Å²) in [6.07, 6.45) is 0.802. The molecule has 2 aromatic rings. The number of hydrogen-bond donors (Lipinski definition) is 0. The van der Waals surface area contributed by atoms with Crippen LogP contribution < -0.4 is 0 Å². The Morgan fingerprint density at radius 1 is 1.21 bits per heavy atom. The molecule has 0 radical (unpaired) electrons. The van der Waals surface area contributed by atoms with Crippen LogP contribution >= 0.6 is 0 Å². The summed E-state index contributed by atoms with van der Waals surface area (Å²) in [5, 5.41) is 4.64. The fourth-order valence-electron chi connectivity index (χ4n) is 4.95. The summed E-state index contributed by atoms with van der Waals surface area (Å²) in [7, 11) is 1.91. The van der Waals surface area contributed by atoms with E-state index < -0.39 is 0 Å². The fourth-order valence-corrected chi connectivity index (χ4v) is 4.95. The van der Waals surface area contributed by atoms with E-state index in [0.29, 0.717) is 12.2 Å². The molecule has 156 valence electrons. The number of ether oxygens (including phenoxy) is 1. The highest BCUT2D eigenvalue weighted by Crippen LogP contribution is 2.33. The van der Waals surface area contributed by atoms with E-state index in [1.807, 2.05) is 29.6 Å².